The van der Waals surface area contributed by atoms with Crippen LogP contribution in [0.25, 0.3) is 0 Å². The fourth-order valence-electron chi connectivity index (χ4n) is 5.67. The second-order valence-electron chi connectivity index (χ2n) is 9.93. The van der Waals surface area contributed by atoms with Gasteiger partial charge < -0.3 is 15.2 Å². The highest BCUT2D eigenvalue weighted by Gasteiger charge is 2.59. The van der Waals surface area contributed by atoms with E-state index in [0.717, 1.165) is 6.07 Å². The van der Waals surface area contributed by atoms with Crippen LogP contribution in [0.15, 0.2) is 29.2 Å². The minimum absolute atomic E-state index is 0.0437. The Morgan fingerprint density at radius 3 is 2.53 bits per heavy atom. The van der Waals surface area contributed by atoms with E-state index in [9.17, 15) is 31.9 Å². The maximum Gasteiger partial charge on any atom is 0.270 e. The van der Waals surface area contributed by atoms with E-state index >= 15 is 0 Å². The summed E-state index contributed by atoms with van der Waals surface area (Å²) in [5.74, 6) is -4.68. The predicted molar refractivity (Wildman–Crippen MR) is 118 cm³/mol. The van der Waals surface area contributed by atoms with Crippen molar-refractivity contribution < 1.29 is 32.0 Å². The SMILES string of the molecule is CC1(CF)CC2(CCCN3CC2n2cc(C(N)=O)c(=O)cc2C3=O)ON1Cc1c(F)cc(F)cc1F. The number of primary amides is 1. The van der Waals surface area contributed by atoms with Crippen LogP contribution in [-0.4, -0.2) is 57.2 Å². The molecule has 2 saturated heterocycles. The fraction of sp³-hybridized carbons (Fsp3) is 0.458. The third-order valence-electron chi connectivity index (χ3n) is 7.49. The lowest BCUT2D eigenvalue weighted by molar-refractivity contribution is -0.242. The van der Waals surface area contributed by atoms with Crippen LogP contribution in [-0.2, 0) is 11.4 Å². The number of pyridine rings is 1. The van der Waals surface area contributed by atoms with Gasteiger partial charge in [-0.25, -0.2) is 17.6 Å². The standard InChI is InChI=1S/C24H24F4N4O4/c1-23(12-25)11-24(36-32(23)9-14-16(27)5-13(26)6-17(14)28)3-2-4-30-10-20(24)31-8-15(21(29)34)19(33)7-18(31)22(30)35/h5-8,20H,2-4,9-12H2,1H3,(H2,29,34). The second kappa shape index (κ2) is 8.41. The summed E-state index contributed by atoms with van der Waals surface area (Å²) in [7, 11) is 0. The number of fused-ring (bicyclic) bond motifs is 5. The average Bonchev–Trinajstić information content (AvgIpc) is 2.99. The molecule has 0 aliphatic carbocycles. The summed E-state index contributed by atoms with van der Waals surface area (Å²) >= 11 is 0. The first-order chi connectivity index (χ1) is 17.0. The van der Waals surface area contributed by atoms with Crippen LogP contribution < -0.4 is 11.2 Å². The van der Waals surface area contributed by atoms with Gasteiger partial charge in [0.15, 0.2) is 5.43 Å². The average molecular weight is 508 g/mol. The molecule has 3 aliphatic rings. The largest absolute Gasteiger partial charge is 0.365 e. The van der Waals surface area contributed by atoms with E-state index < -0.39 is 70.7 Å². The summed E-state index contributed by atoms with van der Waals surface area (Å²) in [5.41, 5.74) is 1.49. The molecule has 2 fully saturated rings. The van der Waals surface area contributed by atoms with E-state index in [-0.39, 0.29) is 24.2 Å². The summed E-state index contributed by atoms with van der Waals surface area (Å²) < 4.78 is 58.3. The number of hydroxylamine groups is 2. The lowest BCUT2D eigenvalue weighted by Gasteiger charge is -2.42. The van der Waals surface area contributed by atoms with Gasteiger partial charge >= 0.3 is 0 Å². The first kappa shape index (κ1) is 24.4. The molecule has 2 bridgehead atoms. The summed E-state index contributed by atoms with van der Waals surface area (Å²) in [5, 5.41) is 1.18. The number of carbonyl (C=O) groups excluding carboxylic acids is 2. The zero-order valence-corrected chi connectivity index (χ0v) is 19.4. The van der Waals surface area contributed by atoms with E-state index in [4.69, 9.17) is 10.6 Å². The number of alkyl halides is 1. The molecule has 3 aliphatic heterocycles. The molecule has 8 nitrogen and oxygen atoms in total. The third kappa shape index (κ3) is 3.70. The molecule has 0 radical (unpaired) electrons. The summed E-state index contributed by atoms with van der Waals surface area (Å²) in [6.07, 6.45) is 2.16. The molecule has 192 valence electrons. The number of benzene rings is 1. The highest BCUT2D eigenvalue weighted by Crippen LogP contribution is 2.51. The molecular weight excluding hydrogens is 484 g/mol. The molecule has 2 N–H and O–H groups in total. The molecule has 5 rings (SSSR count). The molecule has 0 saturated carbocycles. The summed E-state index contributed by atoms with van der Waals surface area (Å²) in [4.78, 5) is 45.2. The van der Waals surface area contributed by atoms with Gasteiger partial charge in [-0.1, -0.05) is 0 Å². The normalized spacial score (nSPS) is 27.9. The highest BCUT2D eigenvalue weighted by atomic mass is 19.1. The Balaban J connectivity index is 1.60. The lowest BCUT2D eigenvalue weighted by Crippen LogP contribution is -2.51. The zero-order chi connectivity index (χ0) is 26.0. The number of nitrogens with two attached hydrogens (primary N) is 1. The predicted octanol–water partition coefficient (Wildman–Crippen LogP) is 2.46. The van der Waals surface area contributed by atoms with E-state index in [1.54, 1.807) is 11.8 Å². The lowest BCUT2D eigenvalue weighted by atomic mass is 9.79. The number of rotatable bonds is 4. The number of nitrogens with zero attached hydrogens (tertiary/aromatic N) is 3. The minimum Gasteiger partial charge on any atom is -0.365 e. The van der Waals surface area contributed by atoms with E-state index in [2.05, 4.69) is 0 Å². The zero-order valence-electron chi connectivity index (χ0n) is 19.4. The first-order valence-electron chi connectivity index (χ1n) is 11.5. The Morgan fingerprint density at radius 2 is 1.89 bits per heavy atom. The van der Waals surface area contributed by atoms with Crippen molar-refractivity contribution in [2.75, 3.05) is 19.8 Å². The van der Waals surface area contributed by atoms with Gasteiger partial charge in [0.1, 0.15) is 41.0 Å². The molecule has 12 heteroatoms. The Bertz CT molecular complexity index is 1310. The molecule has 1 aromatic carbocycles. The molecule has 4 heterocycles. The van der Waals surface area contributed by atoms with Crippen molar-refractivity contribution in [3.05, 3.63) is 68.9 Å². The van der Waals surface area contributed by atoms with Gasteiger partial charge in [0, 0.05) is 49.5 Å². The smallest absolute Gasteiger partial charge is 0.270 e. The van der Waals surface area contributed by atoms with Crippen molar-refractivity contribution in [3.8, 4) is 0 Å². The van der Waals surface area contributed by atoms with Crippen molar-refractivity contribution in [1.29, 1.82) is 0 Å². The topological polar surface area (TPSA) is 97.9 Å². The quantitative estimate of drug-likeness (QED) is 0.640. The van der Waals surface area contributed by atoms with Gasteiger partial charge in [-0.3, -0.25) is 19.2 Å². The Morgan fingerprint density at radius 1 is 1.19 bits per heavy atom. The van der Waals surface area contributed by atoms with Crippen LogP contribution in [0.4, 0.5) is 17.6 Å². The number of carbonyl (C=O) groups is 2. The van der Waals surface area contributed by atoms with Gasteiger partial charge in [-0.2, -0.15) is 5.06 Å². The maximum atomic E-state index is 14.5. The highest BCUT2D eigenvalue weighted by molar-refractivity contribution is 5.96. The van der Waals surface area contributed by atoms with Crippen LogP contribution in [0, 0.1) is 17.5 Å². The van der Waals surface area contributed by atoms with Crippen molar-refractivity contribution in [2.24, 2.45) is 5.73 Å². The fourth-order valence-corrected chi connectivity index (χ4v) is 5.67. The summed E-state index contributed by atoms with van der Waals surface area (Å²) in [6, 6.07) is 1.51. The van der Waals surface area contributed by atoms with E-state index in [1.807, 2.05) is 0 Å². The van der Waals surface area contributed by atoms with Gasteiger partial charge in [0.25, 0.3) is 11.8 Å². The van der Waals surface area contributed by atoms with Gasteiger partial charge in [-0.15, -0.1) is 0 Å². The number of halogens is 4. The van der Waals surface area contributed by atoms with Crippen molar-refractivity contribution in [2.45, 2.75) is 49.9 Å². The van der Waals surface area contributed by atoms with Gasteiger partial charge in [-0.05, 0) is 19.8 Å². The molecule has 1 aromatic heterocycles. The molecule has 3 atom stereocenters. The molecule has 2 amide bonds. The Kier molecular flexibility index (Phi) is 5.71. The van der Waals surface area contributed by atoms with Gasteiger partial charge in [0.05, 0.1) is 18.1 Å². The minimum atomic E-state index is -1.31. The number of hydrogen-bond acceptors (Lipinski definition) is 5. The number of aromatic nitrogens is 1. The van der Waals surface area contributed by atoms with Crippen molar-refractivity contribution in [3.63, 3.8) is 0 Å². The third-order valence-corrected chi connectivity index (χ3v) is 7.49. The van der Waals surface area contributed by atoms with Crippen molar-refractivity contribution >= 4 is 11.8 Å². The van der Waals surface area contributed by atoms with Crippen LogP contribution in [0.1, 0.15) is 58.6 Å². The molecule has 1 spiro atoms. The van der Waals surface area contributed by atoms with Crippen molar-refractivity contribution in [1.82, 2.24) is 14.5 Å². The monoisotopic (exact) mass is 508 g/mol. The van der Waals surface area contributed by atoms with E-state index in [1.165, 1.54) is 15.8 Å². The second-order valence-corrected chi connectivity index (χ2v) is 9.93. The number of amides is 2. The molecular formula is C24H24F4N4O4. The van der Waals surface area contributed by atoms with Crippen LogP contribution in [0.5, 0.6) is 0 Å². The Labute approximate surface area is 203 Å². The van der Waals surface area contributed by atoms with E-state index in [0.29, 0.717) is 31.5 Å². The maximum absolute atomic E-state index is 14.5. The van der Waals surface area contributed by atoms with Gasteiger partial charge in [0.2, 0.25) is 0 Å². The Hall–Kier alpha value is -3.25. The van der Waals surface area contributed by atoms with Crippen LogP contribution >= 0.6 is 0 Å². The first-order valence-corrected chi connectivity index (χ1v) is 11.5. The van der Waals surface area contributed by atoms with Crippen LogP contribution in [0.2, 0.25) is 0 Å². The number of hydrogen-bond donors (Lipinski definition) is 1. The molecule has 3 unspecified atom stereocenters. The molecule has 36 heavy (non-hydrogen) atoms. The van der Waals surface area contributed by atoms with Crippen LogP contribution in [0.3, 0.4) is 0 Å². The molecule has 2 aromatic rings. The summed E-state index contributed by atoms with van der Waals surface area (Å²) in [6.45, 7) is 0.665.